The quantitative estimate of drug-likeness (QED) is 0.623. The first-order valence-corrected chi connectivity index (χ1v) is 7.76. The molecule has 2 N–H and O–H groups in total. The van der Waals surface area contributed by atoms with Crippen molar-refractivity contribution in [3.05, 3.63) is 24.3 Å². The molecule has 0 aliphatic heterocycles. The van der Waals surface area contributed by atoms with E-state index in [0.717, 1.165) is 24.0 Å². The van der Waals surface area contributed by atoms with E-state index in [9.17, 15) is 10.2 Å². The zero-order valence-corrected chi connectivity index (χ0v) is 14.2. The van der Waals surface area contributed by atoms with E-state index in [1.807, 2.05) is 41.5 Å². The van der Waals surface area contributed by atoms with Crippen molar-refractivity contribution in [2.45, 2.75) is 66.6 Å². The summed E-state index contributed by atoms with van der Waals surface area (Å²) < 4.78 is 0. The molecule has 0 saturated heterocycles. The first-order chi connectivity index (χ1) is 9.09. The van der Waals surface area contributed by atoms with Gasteiger partial charge in [-0.25, -0.2) is 0 Å². The minimum atomic E-state index is -0.366. The summed E-state index contributed by atoms with van der Waals surface area (Å²) >= 11 is 0. The molecule has 0 aromatic rings. The van der Waals surface area contributed by atoms with Gasteiger partial charge in [-0.2, -0.15) is 0 Å². The van der Waals surface area contributed by atoms with Gasteiger partial charge in [-0.3, -0.25) is 0 Å². The van der Waals surface area contributed by atoms with Crippen LogP contribution in [0, 0.1) is 23.7 Å². The van der Waals surface area contributed by atoms with Gasteiger partial charge in [0.1, 0.15) is 0 Å². The van der Waals surface area contributed by atoms with Crippen molar-refractivity contribution in [3.63, 3.8) is 0 Å². The standard InChI is InChI=1S/C18H34O2/c1-11(2)15(17(19)13(5)6)9-10-16(12(3)4)18(20)14(7)8/h13-20H,1,3,9-10H2,2,4-8H3. The Hall–Kier alpha value is -0.600. The van der Waals surface area contributed by atoms with Crippen molar-refractivity contribution in [1.82, 2.24) is 0 Å². The van der Waals surface area contributed by atoms with E-state index >= 15 is 0 Å². The summed E-state index contributed by atoms with van der Waals surface area (Å²) in [5.41, 5.74) is 2.04. The molecule has 0 aliphatic rings. The van der Waals surface area contributed by atoms with Crippen molar-refractivity contribution in [3.8, 4) is 0 Å². The van der Waals surface area contributed by atoms with Gasteiger partial charge in [0.25, 0.3) is 0 Å². The van der Waals surface area contributed by atoms with Crippen LogP contribution in [0.1, 0.15) is 54.4 Å². The molecule has 0 fully saturated rings. The summed E-state index contributed by atoms with van der Waals surface area (Å²) in [6.07, 6.45) is 0.954. The predicted octanol–water partition coefficient (Wildman–Crippen LogP) is 4.19. The summed E-state index contributed by atoms with van der Waals surface area (Å²) in [6.45, 7) is 20.1. The van der Waals surface area contributed by atoms with Gasteiger partial charge in [0, 0.05) is 11.8 Å². The molecule has 0 aromatic carbocycles. The SMILES string of the molecule is C=C(C)C(CCC(C(=C)C)C(O)C(C)C)C(O)C(C)C. The molecular formula is C18H34O2. The average Bonchev–Trinajstić information content (AvgIpc) is 2.31. The summed E-state index contributed by atoms with van der Waals surface area (Å²) in [5, 5.41) is 20.6. The van der Waals surface area contributed by atoms with Gasteiger partial charge in [-0.05, 0) is 38.5 Å². The second-order valence-corrected chi connectivity index (χ2v) is 6.95. The molecule has 118 valence electrons. The van der Waals surface area contributed by atoms with Crippen LogP contribution in [-0.2, 0) is 0 Å². The van der Waals surface area contributed by atoms with E-state index < -0.39 is 0 Å². The van der Waals surface area contributed by atoms with E-state index in [1.54, 1.807) is 0 Å². The summed E-state index contributed by atoms with van der Waals surface area (Å²) in [7, 11) is 0. The number of aliphatic hydroxyl groups excluding tert-OH is 2. The average molecular weight is 282 g/mol. The molecule has 0 bridgehead atoms. The Morgan fingerprint density at radius 3 is 1.15 bits per heavy atom. The second kappa shape index (κ2) is 8.63. The van der Waals surface area contributed by atoms with Crippen LogP contribution in [-0.4, -0.2) is 22.4 Å². The predicted molar refractivity (Wildman–Crippen MR) is 87.5 cm³/mol. The van der Waals surface area contributed by atoms with Gasteiger partial charge >= 0.3 is 0 Å². The molecule has 0 saturated carbocycles. The molecule has 0 rings (SSSR count). The van der Waals surface area contributed by atoms with Crippen molar-refractivity contribution < 1.29 is 10.2 Å². The fraction of sp³-hybridized carbons (Fsp3) is 0.778. The topological polar surface area (TPSA) is 40.5 Å². The second-order valence-electron chi connectivity index (χ2n) is 6.95. The number of rotatable bonds is 9. The van der Waals surface area contributed by atoms with E-state index in [-0.39, 0.29) is 35.9 Å². The lowest BCUT2D eigenvalue weighted by Gasteiger charge is -2.31. The van der Waals surface area contributed by atoms with Gasteiger partial charge in [0.15, 0.2) is 0 Å². The molecule has 2 nitrogen and oxygen atoms in total. The highest BCUT2D eigenvalue weighted by atomic mass is 16.3. The highest BCUT2D eigenvalue weighted by molar-refractivity contribution is 5.04. The zero-order chi connectivity index (χ0) is 16.0. The molecule has 0 aliphatic carbocycles. The number of hydrogen-bond donors (Lipinski definition) is 2. The van der Waals surface area contributed by atoms with Crippen LogP contribution in [0.4, 0.5) is 0 Å². The first-order valence-electron chi connectivity index (χ1n) is 7.76. The lowest BCUT2D eigenvalue weighted by Crippen LogP contribution is -2.30. The minimum Gasteiger partial charge on any atom is -0.392 e. The Kier molecular flexibility index (Phi) is 8.38. The monoisotopic (exact) mass is 282 g/mol. The van der Waals surface area contributed by atoms with Crippen LogP contribution in [0.5, 0.6) is 0 Å². The highest BCUT2D eigenvalue weighted by Crippen LogP contribution is 2.30. The molecule has 0 aromatic heterocycles. The first kappa shape index (κ1) is 19.4. The normalized spacial score (nSPS) is 17.9. The zero-order valence-electron chi connectivity index (χ0n) is 14.2. The Morgan fingerprint density at radius 2 is 1.00 bits per heavy atom. The van der Waals surface area contributed by atoms with E-state index in [1.165, 1.54) is 0 Å². The van der Waals surface area contributed by atoms with E-state index in [2.05, 4.69) is 13.2 Å². The Labute approximate surface area is 125 Å². The van der Waals surface area contributed by atoms with Crippen LogP contribution < -0.4 is 0 Å². The van der Waals surface area contributed by atoms with E-state index in [4.69, 9.17) is 0 Å². The fourth-order valence-corrected chi connectivity index (χ4v) is 2.71. The Morgan fingerprint density at radius 1 is 0.750 bits per heavy atom. The van der Waals surface area contributed by atoms with Crippen LogP contribution in [0.25, 0.3) is 0 Å². The lowest BCUT2D eigenvalue weighted by atomic mass is 9.79. The smallest absolute Gasteiger partial charge is 0.0628 e. The Balaban J connectivity index is 4.81. The maximum Gasteiger partial charge on any atom is 0.0628 e. The molecule has 0 radical (unpaired) electrons. The number of aliphatic hydroxyl groups is 2. The van der Waals surface area contributed by atoms with Crippen molar-refractivity contribution in [1.29, 1.82) is 0 Å². The summed E-state index contributed by atoms with van der Waals surface area (Å²) in [4.78, 5) is 0. The third kappa shape index (κ3) is 5.80. The van der Waals surface area contributed by atoms with Crippen LogP contribution in [0.3, 0.4) is 0 Å². The number of hydrogen-bond acceptors (Lipinski definition) is 2. The maximum atomic E-state index is 10.3. The summed E-state index contributed by atoms with van der Waals surface area (Å²) in [6, 6.07) is 0. The van der Waals surface area contributed by atoms with Gasteiger partial charge < -0.3 is 10.2 Å². The van der Waals surface area contributed by atoms with Crippen molar-refractivity contribution in [2.75, 3.05) is 0 Å². The molecule has 4 unspecified atom stereocenters. The van der Waals surface area contributed by atoms with Gasteiger partial charge in [-0.1, -0.05) is 52.0 Å². The molecule has 0 spiro atoms. The van der Waals surface area contributed by atoms with Gasteiger partial charge in [-0.15, -0.1) is 0 Å². The molecular weight excluding hydrogens is 248 g/mol. The molecule has 0 amide bonds. The van der Waals surface area contributed by atoms with Crippen LogP contribution in [0.15, 0.2) is 24.3 Å². The van der Waals surface area contributed by atoms with Crippen LogP contribution in [0.2, 0.25) is 0 Å². The molecule has 2 heteroatoms. The van der Waals surface area contributed by atoms with Crippen LogP contribution >= 0.6 is 0 Å². The minimum absolute atomic E-state index is 0.0937. The van der Waals surface area contributed by atoms with E-state index in [0.29, 0.717) is 0 Å². The third-order valence-electron chi connectivity index (χ3n) is 4.25. The summed E-state index contributed by atoms with van der Waals surface area (Å²) in [5.74, 6) is 0.623. The molecule has 4 atom stereocenters. The highest BCUT2D eigenvalue weighted by Gasteiger charge is 2.27. The van der Waals surface area contributed by atoms with Gasteiger partial charge in [0.2, 0.25) is 0 Å². The Bertz CT molecular complexity index is 285. The third-order valence-corrected chi connectivity index (χ3v) is 4.25. The lowest BCUT2D eigenvalue weighted by molar-refractivity contribution is 0.0534. The largest absolute Gasteiger partial charge is 0.392 e. The molecule has 0 heterocycles. The van der Waals surface area contributed by atoms with Crippen molar-refractivity contribution >= 4 is 0 Å². The van der Waals surface area contributed by atoms with Gasteiger partial charge in [0.05, 0.1) is 12.2 Å². The fourth-order valence-electron chi connectivity index (χ4n) is 2.71. The molecule has 20 heavy (non-hydrogen) atoms. The van der Waals surface area contributed by atoms with Crippen molar-refractivity contribution in [2.24, 2.45) is 23.7 Å². The maximum absolute atomic E-state index is 10.3.